The standard InChI is InChI=1S/C21H19ClN4O/c1-14-3-4-15(2)26(14)19-8-5-16(6-9-19)21(27)23-11-18-13-25-12-17(22)7-10-20(25)24-18/h3-10,12-13H,11H2,1-2H3,(H,23,27). The van der Waals surface area contributed by atoms with Crippen molar-refractivity contribution in [1.29, 1.82) is 0 Å². The summed E-state index contributed by atoms with van der Waals surface area (Å²) >= 11 is 5.98. The summed E-state index contributed by atoms with van der Waals surface area (Å²) in [6, 6.07) is 15.4. The first-order chi connectivity index (χ1) is 13.0. The highest BCUT2D eigenvalue weighted by Gasteiger charge is 2.09. The van der Waals surface area contributed by atoms with Crippen LogP contribution in [0.4, 0.5) is 0 Å². The van der Waals surface area contributed by atoms with Crippen molar-refractivity contribution in [2.45, 2.75) is 20.4 Å². The van der Waals surface area contributed by atoms with Gasteiger partial charge in [-0.25, -0.2) is 4.98 Å². The summed E-state index contributed by atoms with van der Waals surface area (Å²) in [4.78, 5) is 16.9. The molecule has 136 valence electrons. The smallest absolute Gasteiger partial charge is 0.251 e. The number of fused-ring (bicyclic) bond motifs is 1. The van der Waals surface area contributed by atoms with E-state index in [-0.39, 0.29) is 5.91 Å². The second-order valence-electron chi connectivity index (χ2n) is 6.53. The summed E-state index contributed by atoms with van der Waals surface area (Å²) in [6.45, 7) is 4.49. The van der Waals surface area contributed by atoms with E-state index in [9.17, 15) is 4.79 Å². The Balaban J connectivity index is 1.46. The monoisotopic (exact) mass is 378 g/mol. The van der Waals surface area contributed by atoms with Crippen LogP contribution in [-0.2, 0) is 6.54 Å². The first-order valence-electron chi connectivity index (χ1n) is 8.68. The van der Waals surface area contributed by atoms with E-state index in [1.165, 1.54) is 0 Å². The van der Waals surface area contributed by atoms with Gasteiger partial charge in [0.2, 0.25) is 0 Å². The molecule has 0 atom stereocenters. The predicted octanol–water partition coefficient (Wildman–Crippen LogP) is 4.33. The summed E-state index contributed by atoms with van der Waals surface area (Å²) in [6.07, 6.45) is 3.65. The highest BCUT2D eigenvalue weighted by Crippen LogP contribution is 2.17. The van der Waals surface area contributed by atoms with Gasteiger partial charge in [0.1, 0.15) is 5.65 Å². The summed E-state index contributed by atoms with van der Waals surface area (Å²) in [7, 11) is 0. The number of amides is 1. The van der Waals surface area contributed by atoms with Gasteiger partial charge in [0.25, 0.3) is 5.91 Å². The topological polar surface area (TPSA) is 51.3 Å². The van der Waals surface area contributed by atoms with Gasteiger partial charge in [0.15, 0.2) is 0 Å². The molecule has 3 heterocycles. The molecule has 0 aliphatic carbocycles. The predicted molar refractivity (Wildman–Crippen MR) is 107 cm³/mol. The van der Waals surface area contributed by atoms with Gasteiger partial charge >= 0.3 is 0 Å². The summed E-state index contributed by atoms with van der Waals surface area (Å²) in [5.74, 6) is -0.127. The number of nitrogens with zero attached hydrogens (tertiary/aromatic N) is 3. The van der Waals surface area contributed by atoms with E-state index in [1.54, 1.807) is 12.3 Å². The first-order valence-corrected chi connectivity index (χ1v) is 9.06. The van der Waals surface area contributed by atoms with E-state index in [1.807, 2.05) is 40.9 Å². The van der Waals surface area contributed by atoms with Crippen LogP contribution in [0.15, 0.2) is 60.9 Å². The Morgan fingerprint density at radius 3 is 2.41 bits per heavy atom. The quantitative estimate of drug-likeness (QED) is 0.574. The van der Waals surface area contributed by atoms with Crippen LogP contribution in [0.5, 0.6) is 0 Å². The van der Waals surface area contributed by atoms with Crippen molar-refractivity contribution in [1.82, 2.24) is 19.3 Å². The van der Waals surface area contributed by atoms with Crippen LogP contribution in [-0.4, -0.2) is 19.9 Å². The fourth-order valence-corrected chi connectivity index (χ4v) is 3.38. The Morgan fingerprint density at radius 1 is 1.00 bits per heavy atom. The van der Waals surface area contributed by atoms with Crippen LogP contribution in [0.1, 0.15) is 27.4 Å². The molecule has 0 saturated carbocycles. The molecule has 0 radical (unpaired) electrons. The zero-order valence-electron chi connectivity index (χ0n) is 15.1. The number of benzene rings is 1. The van der Waals surface area contributed by atoms with Gasteiger partial charge in [-0.05, 0) is 62.4 Å². The molecule has 3 aromatic heterocycles. The summed E-state index contributed by atoms with van der Waals surface area (Å²) < 4.78 is 4.00. The average molecular weight is 379 g/mol. The van der Waals surface area contributed by atoms with E-state index in [4.69, 9.17) is 11.6 Å². The molecule has 0 bridgehead atoms. The van der Waals surface area contributed by atoms with Crippen molar-refractivity contribution < 1.29 is 4.79 Å². The van der Waals surface area contributed by atoms with E-state index in [2.05, 4.69) is 40.8 Å². The lowest BCUT2D eigenvalue weighted by atomic mass is 10.2. The number of pyridine rings is 1. The van der Waals surface area contributed by atoms with Crippen molar-refractivity contribution in [3.8, 4) is 5.69 Å². The number of carbonyl (C=O) groups is 1. The molecular formula is C21H19ClN4O. The highest BCUT2D eigenvalue weighted by atomic mass is 35.5. The molecule has 0 unspecified atom stereocenters. The number of hydrogen-bond donors (Lipinski definition) is 1. The molecule has 0 aliphatic heterocycles. The van der Waals surface area contributed by atoms with Gasteiger partial charge in [-0.2, -0.15) is 0 Å². The fourth-order valence-electron chi connectivity index (χ4n) is 3.21. The largest absolute Gasteiger partial charge is 0.346 e. The van der Waals surface area contributed by atoms with Crippen molar-refractivity contribution in [2.24, 2.45) is 0 Å². The number of halogens is 1. The third kappa shape index (κ3) is 3.46. The lowest BCUT2D eigenvalue weighted by Crippen LogP contribution is -2.22. The molecule has 1 aromatic carbocycles. The van der Waals surface area contributed by atoms with E-state index in [0.717, 1.165) is 28.4 Å². The number of imidazole rings is 1. The zero-order chi connectivity index (χ0) is 19.0. The first kappa shape index (κ1) is 17.4. The van der Waals surface area contributed by atoms with Crippen molar-refractivity contribution in [3.05, 3.63) is 88.6 Å². The number of carbonyl (C=O) groups excluding carboxylic acids is 1. The minimum absolute atomic E-state index is 0.127. The molecule has 0 aliphatic rings. The molecular weight excluding hydrogens is 360 g/mol. The normalized spacial score (nSPS) is 11.1. The molecule has 4 rings (SSSR count). The Bertz CT molecular complexity index is 1110. The third-order valence-corrected chi connectivity index (χ3v) is 4.78. The second-order valence-corrected chi connectivity index (χ2v) is 6.96. The van der Waals surface area contributed by atoms with Crippen LogP contribution in [0.3, 0.4) is 0 Å². The zero-order valence-corrected chi connectivity index (χ0v) is 15.9. The Morgan fingerprint density at radius 2 is 1.70 bits per heavy atom. The number of rotatable bonds is 4. The Hall–Kier alpha value is -3.05. The maximum Gasteiger partial charge on any atom is 0.251 e. The van der Waals surface area contributed by atoms with Crippen molar-refractivity contribution >= 4 is 23.2 Å². The van der Waals surface area contributed by atoms with Gasteiger partial charge in [0, 0.05) is 35.0 Å². The minimum Gasteiger partial charge on any atom is -0.346 e. The van der Waals surface area contributed by atoms with Crippen LogP contribution in [0.25, 0.3) is 11.3 Å². The molecule has 1 N–H and O–H groups in total. The fraction of sp³-hybridized carbons (Fsp3) is 0.143. The Labute approximate surface area is 162 Å². The summed E-state index contributed by atoms with van der Waals surface area (Å²) in [5, 5.41) is 3.56. The van der Waals surface area contributed by atoms with E-state index < -0.39 is 0 Å². The molecule has 0 fully saturated rings. The van der Waals surface area contributed by atoms with Crippen LogP contribution < -0.4 is 5.32 Å². The lowest BCUT2D eigenvalue weighted by molar-refractivity contribution is 0.0950. The molecule has 4 aromatic rings. The van der Waals surface area contributed by atoms with Crippen LogP contribution in [0, 0.1) is 13.8 Å². The maximum atomic E-state index is 12.4. The number of aryl methyl sites for hydroxylation is 2. The highest BCUT2D eigenvalue weighted by molar-refractivity contribution is 6.30. The molecule has 1 amide bonds. The van der Waals surface area contributed by atoms with E-state index in [0.29, 0.717) is 17.1 Å². The summed E-state index contributed by atoms with van der Waals surface area (Å²) in [5.41, 5.74) is 5.57. The average Bonchev–Trinajstić information content (AvgIpc) is 3.22. The molecule has 27 heavy (non-hydrogen) atoms. The number of aromatic nitrogens is 3. The van der Waals surface area contributed by atoms with Gasteiger partial charge in [0.05, 0.1) is 17.3 Å². The maximum absolute atomic E-state index is 12.4. The third-order valence-electron chi connectivity index (χ3n) is 4.55. The van der Waals surface area contributed by atoms with Gasteiger partial charge in [-0.3, -0.25) is 4.79 Å². The number of nitrogens with one attached hydrogen (secondary N) is 1. The molecule has 6 heteroatoms. The van der Waals surface area contributed by atoms with Gasteiger partial charge in [-0.1, -0.05) is 11.6 Å². The van der Waals surface area contributed by atoms with Crippen molar-refractivity contribution in [2.75, 3.05) is 0 Å². The molecule has 5 nitrogen and oxygen atoms in total. The minimum atomic E-state index is -0.127. The SMILES string of the molecule is Cc1ccc(C)n1-c1ccc(C(=O)NCc2cn3cc(Cl)ccc3n2)cc1. The molecule has 0 saturated heterocycles. The molecule has 0 spiro atoms. The Kier molecular flexibility index (Phi) is 4.46. The second kappa shape index (κ2) is 6.93. The van der Waals surface area contributed by atoms with Crippen LogP contribution >= 0.6 is 11.6 Å². The van der Waals surface area contributed by atoms with Crippen molar-refractivity contribution in [3.63, 3.8) is 0 Å². The van der Waals surface area contributed by atoms with Crippen LogP contribution in [0.2, 0.25) is 5.02 Å². The van der Waals surface area contributed by atoms with Gasteiger partial charge < -0.3 is 14.3 Å². The van der Waals surface area contributed by atoms with E-state index >= 15 is 0 Å². The van der Waals surface area contributed by atoms with Gasteiger partial charge in [-0.15, -0.1) is 0 Å². The lowest BCUT2D eigenvalue weighted by Gasteiger charge is -2.10. The number of hydrogen-bond acceptors (Lipinski definition) is 2.